The number of carbonyl (C=O) groups is 2. The molecule has 2 aliphatic rings. The molecule has 0 atom stereocenters. The van der Waals surface area contributed by atoms with Gasteiger partial charge in [0.25, 0.3) is 11.8 Å². The molecule has 0 unspecified atom stereocenters. The van der Waals surface area contributed by atoms with E-state index in [0.717, 1.165) is 39.0 Å². The Morgan fingerprint density at radius 2 is 1.65 bits per heavy atom. The van der Waals surface area contributed by atoms with E-state index in [1.54, 1.807) is 24.3 Å². The van der Waals surface area contributed by atoms with Crippen molar-refractivity contribution in [2.45, 2.75) is 18.9 Å². The van der Waals surface area contributed by atoms with E-state index in [-0.39, 0.29) is 11.8 Å². The van der Waals surface area contributed by atoms with Gasteiger partial charge in [0.1, 0.15) is 0 Å². The number of benzene rings is 1. The lowest BCUT2D eigenvalue weighted by Gasteiger charge is -2.27. The van der Waals surface area contributed by atoms with Crippen LogP contribution in [0, 0.1) is 0 Å². The van der Waals surface area contributed by atoms with E-state index in [4.69, 9.17) is 0 Å². The van der Waals surface area contributed by atoms with Crippen LogP contribution in [-0.4, -0.2) is 48.9 Å². The van der Waals surface area contributed by atoms with E-state index in [1.165, 1.54) is 0 Å². The highest BCUT2D eigenvalue weighted by Crippen LogP contribution is 2.19. The van der Waals surface area contributed by atoms with Gasteiger partial charge in [-0.2, -0.15) is 0 Å². The molecule has 1 aliphatic carbocycles. The fourth-order valence-electron chi connectivity index (χ4n) is 2.31. The van der Waals surface area contributed by atoms with E-state index in [9.17, 15) is 9.59 Å². The van der Waals surface area contributed by atoms with Crippen molar-refractivity contribution in [1.29, 1.82) is 0 Å². The predicted molar refractivity (Wildman–Crippen MR) is 75.7 cm³/mol. The molecule has 1 aliphatic heterocycles. The molecule has 3 rings (SSSR count). The second-order valence-corrected chi connectivity index (χ2v) is 5.37. The Labute approximate surface area is 118 Å². The van der Waals surface area contributed by atoms with Crippen molar-refractivity contribution in [2.24, 2.45) is 0 Å². The molecule has 1 aromatic carbocycles. The molecule has 1 heterocycles. The van der Waals surface area contributed by atoms with Gasteiger partial charge in [-0.1, -0.05) is 0 Å². The fourth-order valence-corrected chi connectivity index (χ4v) is 2.31. The van der Waals surface area contributed by atoms with Gasteiger partial charge in [0, 0.05) is 43.3 Å². The minimum Gasteiger partial charge on any atom is -0.349 e. The van der Waals surface area contributed by atoms with Crippen LogP contribution in [0.3, 0.4) is 0 Å². The largest absolute Gasteiger partial charge is 0.349 e. The first kappa shape index (κ1) is 13.1. The second kappa shape index (κ2) is 5.63. The normalized spacial score (nSPS) is 18.7. The summed E-state index contributed by atoms with van der Waals surface area (Å²) in [6, 6.07) is 7.29. The summed E-state index contributed by atoms with van der Waals surface area (Å²) in [6.07, 6.45) is 2.15. The number of nitrogens with zero attached hydrogens (tertiary/aromatic N) is 1. The van der Waals surface area contributed by atoms with Crippen molar-refractivity contribution in [3.63, 3.8) is 0 Å². The molecule has 5 heteroatoms. The summed E-state index contributed by atoms with van der Waals surface area (Å²) >= 11 is 0. The van der Waals surface area contributed by atoms with Gasteiger partial charge in [0.05, 0.1) is 0 Å². The van der Waals surface area contributed by atoms with Crippen molar-refractivity contribution in [2.75, 3.05) is 26.2 Å². The molecule has 0 aromatic heterocycles. The van der Waals surface area contributed by atoms with Crippen LogP contribution >= 0.6 is 0 Å². The zero-order valence-corrected chi connectivity index (χ0v) is 11.4. The van der Waals surface area contributed by atoms with Crippen molar-refractivity contribution < 1.29 is 9.59 Å². The second-order valence-electron chi connectivity index (χ2n) is 5.37. The van der Waals surface area contributed by atoms with Gasteiger partial charge in [0.2, 0.25) is 0 Å². The van der Waals surface area contributed by atoms with Crippen molar-refractivity contribution in [3.8, 4) is 0 Å². The van der Waals surface area contributed by atoms with E-state index >= 15 is 0 Å². The minimum absolute atomic E-state index is 0.0423. The fraction of sp³-hybridized carbons (Fsp3) is 0.467. The molecule has 1 saturated carbocycles. The van der Waals surface area contributed by atoms with Crippen molar-refractivity contribution in [1.82, 2.24) is 15.5 Å². The summed E-state index contributed by atoms with van der Waals surface area (Å²) < 4.78 is 0. The van der Waals surface area contributed by atoms with Gasteiger partial charge < -0.3 is 15.5 Å². The Bertz CT molecular complexity index is 502. The maximum absolute atomic E-state index is 12.3. The van der Waals surface area contributed by atoms with Gasteiger partial charge in [-0.3, -0.25) is 9.59 Å². The van der Waals surface area contributed by atoms with Gasteiger partial charge in [-0.05, 0) is 37.1 Å². The first-order chi connectivity index (χ1) is 9.74. The molecule has 2 fully saturated rings. The van der Waals surface area contributed by atoms with E-state index in [1.807, 2.05) is 4.90 Å². The number of nitrogens with one attached hydrogen (secondary N) is 2. The Balaban J connectivity index is 1.65. The molecule has 1 aromatic rings. The maximum Gasteiger partial charge on any atom is 0.253 e. The van der Waals surface area contributed by atoms with Crippen LogP contribution in [0.2, 0.25) is 0 Å². The quantitative estimate of drug-likeness (QED) is 0.849. The van der Waals surface area contributed by atoms with Gasteiger partial charge in [-0.25, -0.2) is 0 Å². The molecular weight excluding hydrogens is 254 g/mol. The average Bonchev–Trinajstić information content (AvgIpc) is 3.31. The number of amides is 2. The van der Waals surface area contributed by atoms with Crippen LogP contribution in [0.25, 0.3) is 0 Å². The van der Waals surface area contributed by atoms with Crippen molar-refractivity contribution in [3.05, 3.63) is 35.4 Å². The third-order valence-electron chi connectivity index (χ3n) is 3.71. The molecule has 1 saturated heterocycles. The molecule has 20 heavy (non-hydrogen) atoms. The monoisotopic (exact) mass is 273 g/mol. The van der Waals surface area contributed by atoms with Crippen molar-refractivity contribution >= 4 is 11.8 Å². The first-order valence-electron chi connectivity index (χ1n) is 7.15. The zero-order valence-electron chi connectivity index (χ0n) is 11.4. The maximum atomic E-state index is 12.3. The third kappa shape index (κ3) is 2.99. The van der Waals surface area contributed by atoms with Crippen LogP contribution in [0.15, 0.2) is 24.3 Å². The summed E-state index contributed by atoms with van der Waals surface area (Å²) in [6.45, 7) is 3.16. The van der Waals surface area contributed by atoms with Crippen LogP contribution < -0.4 is 10.6 Å². The summed E-state index contributed by atoms with van der Waals surface area (Å²) in [7, 11) is 0. The Morgan fingerprint density at radius 3 is 2.25 bits per heavy atom. The molecule has 106 valence electrons. The lowest BCUT2D eigenvalue weighted by atomic mass is 10.1. The molecule has 2 amide bonds. The SMILES string of the molecule is O=C(NC1CC1)c1ccc(C(=O)N2CCNCC2)cc1. The molecular formula is C15H19N3O2. The molecule has 0 bridgehead atoms. The third-order valence-corrected chi connectivity index (χ3v) is 3.71. The lowest BCUT2D eigenvalue weighted by molar-refractivity contribution is 0.0735. The van der Waals surface area contributed by atoms with Gasteiger partial charge in [-0.15, -0.1) is 0 Å². The Kier molecular flexibility index (Phi) is 3.69. The van der Waals surface area contributed by atoms with E-state index < -0.39 is 0 Å². The first-order valence-corrected chi connectivity index (χ1v) is 7.15. The summed E-state index contributed by atoms with van der Waals surface area (Å²) in [5.74, 6) is -0.00526. The summed E-state index contributed by atoms with van der Waals surface area (Å²) in [4.78, 5) is 26.0. The number of hydrogen-bond donors (Lipinski definition) is 2. The summed E-state index contributed by atoms with van der Waals surface area (Å²) in [5.41, 5.74) is 1.27. The van der Waals surface area contributed by atoms with Crippen LogP contribution in [0.1, 0.15) is 33.6 Å². The van der Waals surface area contributed by atoms with Gasteiger partial charge >= 0.3 is 0 Å². The standard InChI is InChI=1S/C15H19N3O2/c19-14(17-13-5-6-13)11-1-3-12(4-2-11)15(20)18-9-7-16-8-10-18/h1-4,13,16H,5-10H2,(H,17,19). The molecule has 0 spiro atoms. The smallest absolute Gasteiger partial charge is 0.253 e. The number of piperazine rings is 1. The number of carbonyl (C=O) groups excluding carboxylic acids is 2. The number of hydrogen-bond acceptors (Lipinski definition) is 3. The van der Waals surface area contributed by atoms with E-state index in [2.05, 4.69) is 10.6 Å². The Hall–Kier alpha value is -1.88. The van der Waals surface area contributed by atoms with Crippen LogP contribution in [0.4, 0.5) is 0 Å². The van der Waals surface area contributed by atoms with Crippen LogP contribution in [-0.2, 0) is 0 Å². The molecule has 2 N–H and O–H groups in total. The zero-order chi connectivity index (χ0) is 13.9. The highest BCUT2D eigenvalue weighted by Gasteiger charge is 2.24. The predicted octanol–water partition coefficient (Wildman–Crippen LogP) is 0.624. The highest BCUT2D eigenvalue weighted by molar-refractivity contribution is 5.98. The minimum atomic E-state index is -0.0475. The number of rotatable bonds is 3. The van der Waals surface area contributed by atoms with E-state index in [0.29, 0.717) is 17.2 Å². The summed E-state index contributed by atoms with van der Waals surface area (Å²) in [5, 5.41) is 6.16. The highest BCUT2D eigenvalue weighted by atomic mass is 16.2. The average molecular weight is 273 g/mol. The topological polar surface area (TPSA) is 61.4 Å². The molecule has 0 radical (unpaired) electrons. The Morgan fingerprint density at radius 1 is 1.05 bits per heavy atom. The lowest BCUT2D eigenvalue weighted by Crippen LogP contribution is -2.46. The van der Waals surface area contributed by atoms with Gasteiger partial charge in [0.15, 0.2) is 0 Å². The van der Waals surface area contributed by atoms with Crippen LogP contribution in [0.5, 0.6) is 0 Å². The molecule has 5 nitrogen and oxygen atoms in total.